The van der Waals surface area contributed by atoms with Crippen LogP contribution in [-0.2, 0) is 17.4 Å². The molecule has 0 radical (unpaired) electrons. The second-order valence-electron chi connectivity index (χ2n) is 0.248. The van der Waals surface area contributed by atoms with Crippen LogP contribution in [-0.4, -0.2) is 0 Å². The van der Waals surface area contributed by atoms with E-state index in [2.05, 4.69) is 40.8 Å². The monoisotopic (exact) mass is 224 g/mol. The molecule has 0 aromatic carbocycles. The maximum Gasteiger partial charge on any atom is 0.00456 e. The summed E-state index contributed by atoms with van der Waals surface area (Å²) in [5.74, 6) is 0. The van der Waals surface area contributed by atoms with Gasteiger partial charge in [-0.3, -0.25) is 0 Å². The molecule has 0 aromatic rings. The molecule has 0 rings (SSSR count). The van der Waals surface area contributed by atoms with E-state index in [1.807, 2.05) is 0 Å². The summed E-state index contributed by atoms with van der Waals surface area (Å²) >= 11 is 6.75. The first-order valence-corrected chi connectivity index (χ1v) is 6.73. The molecule has 26 valence electrons. The molecule has 0 nitrogen and oxygen atoms in total. The molecule has 0 N–H and O–H groups in total. The first-order chi connectivity index (χ1) is 1.73. The third kappa shape index (κ3) is 9.29. The second-order valence-corrected chi connectivity index (χ2v) is 11.8. The zero-order chi connectivity index (χ0) is 3.58. The van der Waals surface area contributed by atoms with Gasteiger partial charge < -0.3 is 0 Å². The van der Waals surface area contributed by atoms with E-state index in [1.165, 1.54) is 0 Å². The minimum Gasteiger partial charge on any atom is -0.0605 e. The van der Waals surface area contributed by atoms with Crippen molar-refractivity contribution >= 4 is 47.1 Å². The van der Waals surface area contributed by atoms with Gasteiger partial charge in [-0.05, 0) is 17.4 Å². The number of rotatable bonds is 0. The summed E-state index contributed by atoms with van der Waals surface area (Å²) in [6, 6.07) is 0. The van der Waals surface area contributed by atoms with Crippen molar-refractivity contribution in [1.82, 2.24) is 0 Å². The summed E-state index contributed by atoms with van der Waals surface area (Å²) in [4.78, 5) is 0. The number of hydrogen-bond acceptors (Lipinski definition) is 1. The average Bonchev–Trinajstić information content (AvgIpc) is 0.811. The summed E-state index contributed by atoms with van der Waals surface area (Å²) in [7, 11) is 2.49. The molecule has 0 saturated carbocycles. The van der Waals surface area contributed by atoms with E-state index < -0.39 is 0 Å². The fourth-order valence-corrected chi connectivity index (χ4v) is 0. The van der Waals surface area contributed by atoms with Gasteiger partial charge >= 0.3 is 0 Å². The quantitative estimate of drug-likeness (QED) is 0.338. The molecule has 0 bridgehead atoms. The lowest BCUT2D eigenvalue weighted by molar-refractivity contribution is 5.91. The van der Waals surface area contributed by atoms with Gasteiger partial charge in [-0.1, -0.05) is 8.44 Å². The maximum absolute atomic E-state index is 4.60. The molecule has 0 spiro atoms. The van der Waals surface area contributed by atoms with Gasteiger partial charge in [-0.2, -0.15) is 0 Å². The molecule has 0 amide bonds. The predicted molar refractivity (Wildman–Crippen MR) is 38.5 cm³/mol. The lowest BCUT2D eigenvalue weighted by Crippen LogP contribution is -1.30. The molecule has 0 fully saturated rings. The Labute approximate surface area is 46.9 Å². The van der Waals surface area contributed by atoms with E-state index in [1.54, 1.807) is 0 Å². The second kappa shape index (κ2) is 2.94. The van der Waals surface area contributed by atoms with Gasteiger partial charge in [0.2, 0.25) is 0 Å². The molecule has 2 unspecified atom stereocenters. The summed E-state index contributed by atoms with van der Waals surface area (Å²) in [5, 5.41) is 0. The van der Waals surface area contributed by atoms with Crippen LogP contribution in [0.1, 0.15) is 0 Å². The molecular formula is H2IPS2. The number of hydrogen-bond donors (Lipinski definition) is 0. The van der Waals surface area contributed by atoms with E-state index in [9.17, 15) is 0 Å². The van der Waals surface area contributed by atoms with Crippen LogP contribution >= 0.6 is 29.6 Å². The molecule has 0 aliphatic heterocycles. The van der Waals surface area contributed by atoms with Crippen LogP contribution in [0, 0.1) is 0 Å². The third-order valence-corrected chi connectivity index (χ3v) is 0. The largest absolute Gasteiger partial charge is 0.0605 e. The Balaban J connectivity index is 2.80. The molecule has 4 heavy (non-hydrogen) atoms. The smallest absolute Gasteiger partial charge is 0.00456 e. The first kappa shape index (κ1) is 5.73. The molecule has 0 aromatic heterocycles. The van der Waals surface area contributed by atoms with Gasteiger partial charge in [0.05, 0.1) is 0 Å². The van der Waals surface area contributed by atoms with Crippen molar-refractivity contribution in [2.24, 2.45) is 0 Å². The molecule has 4 heteroatoms. The van der Waals surface area contributed by atoms with Crippen LogP contribution in [0.25, 0.3) is 0 Å². The molecule has 0 saturated heterocycles. The van der Waals surface area contributed by atoms with Gasteiger partial charge in [0.25, 0.3) is 0 Å². The van der Waals surface area contributed by atoms with E-state index in [0.29, 0.717) is 0 Å². The van der Waals surface area contributed by atoms with Crippen LogP contribution in [0.5, 0.6) is 0 Å². The lowest BCUT2D eigenvalue weighted by Gasteiger charge is -1.62. The first-order valence-electron chi connectivity index (χ1n) is 0.557. The fraction of sp³-hybridized carbons (Fsp3) is 0. The van der Waals surface area contributed by atoms with Crippen LogP contribution in [0.3, 0.4) is 0 Å². The Morgan fingerprint density at radius 3 is 2.00 bits per heavy atom. The fourth-order valence-electron chi connectivity index (χ4n) is 0. The highest BCUT2D eigenvalue weighted by Crippen LogP contribution is 2.01. The summed E-state index contributed by atoms with van der Waals surface area (Å²) in [6.45, 7) is 0. The molecule has 0 aliphatic carbocycles. The van der Waals surface area contributed by atoms with Gasteiger partial charge in [-0.15, -0.1) is 0 Å². The SMILES string of the molecule is PS(=S)I. The predicted octanol–water partition coefficient (Wildman–Crippen LogP) is 1.21. The molecular weight excluding hydrogens is 222 g/mol. The topological polar surface area (TPSA) is 0 Å². The molecule has 2 atom stereocenters. The minimum atomic E-state index is 0.109. The Morgan fingerprint density at radius 1 is 2.00 bits per heavy atom. The normalized spacial score (nSPS) is 15.5. The zero-order valence-electron chi connectivity index (χ0n) is 1.77. The van der Waals surface area contributed by atoms with E-state index >= 15 is 0 Å². The number of halogens is 1. The highest BCUT2D eigenvalue weighted by atomic mass is 127. The minimum absolute atomic E-state index is 0.109. The van der Waals surface area contributed by atoms with E-state index in [-0.39, 0.29) is 6.25 Å². The Hall–Kier alpha value is 1.73. The highest BCUT2D eigenvalue weighted by molar-refractivity contribution is 14.2. The van der Waals surface area contributed by atoms with Crippen molar-refractivity contribution in [3.63, 3.8) is 0 Å². The van der Waals surface area contributed by atoms with Crippen LogP contribution in [0.2, 0.25) is 0 Å². The molecule has 0 heterocycles. The Bertz CT molecular complexity index is 29.0. The van der Waals surface area contributed by atoms with E-state index in [0.717, 1.165) is 0 Å². The van der Waals surface area contributed by atoms with Gasteiger partial charge in [0.15, 0.2) is 0 Å². The van der Waals surface area contributed by atoms with Gasteiger partial charge in [0, 0.05) is 21.2 Å². The van der Waals surface area contributed by atoms with Crippen molar-refractivity contribution in [3.8, 4) is 0 Å². The van der Waals surface area contributed by atoms with Gasteiger partial charge in [0.1, 0.15) is 0 Å². The average molecular weight is 224 g/mol. The van der Waals surface area contributed by atoms with Crippen molar-refractivity contribution in [3.05, 3.63) is 0 Å². The highest BCUT2D eigenvalue weighted by Gasteiger charge is 1.55. The standard InChI is InChI=1S/H2IPS2/c1-4(2)3/h2H2. The Kier molecular flexibility index (Phi) is 4.21. The molecule has 0 aliphatic rings. The lowest BCUT2D eigenvalue weighted by atomic mass is 30.3. The van der Waals surface area contributed by atoms with Crippen molar-refractivity contribution in [2.75, 3.05) is 0 Å². The van der Waals surface area contributed by atoms with Crippen molar-refractivity contribution in [1.29, 1.82) is 0 Å². The van der Waals surface area contributed by atoms with E-state index in [4.69, 9.17) is 0 Å². The summed E-state index contributed by atoms with van der Waals surface area (Å²) in [5.41, 5.74) is 0. The van der Waals surface area contributed by atoms with Crippen LogP contribution in [0.15, 0.2) is 0 Å². The van der Waals surface area contributed by atoms with Gasteiger partial charge in [-0.25, -0.2) is 0 Å². The van der Waals surface area contributed by atoms with Crippen LogP contribution in [0.4, 0.5) is 0 Å². The summed E-state index contributed by atoms with van der Waals surface area (Å²) in [6.07, 6.45) is 0.109. The van der Waals surface area contributed by atoms with Crippen molar-refractivity contribution in [2.45, 2.75) is 0 Å². The third-order valence-electron chi connectivity index (χ3n) is 0. The summed E-state index contributed by atoms with van der Waals surface area (Å²) < 4.78 is 0. The van der Waals surface area contributed by atoms with Crippen molar-refractivity contribution < 1.29 is 0 Å². The maximum atomic E-state index is 4.60. The zero-order valence-corrected chi connectivity index (χ0v) is 6.72. The Morgan fingerprint density at radius 2 is 2.00 bits per heavy atom. The van der Waals surface area contributed by atoms with Crippen LogP contribution < -0.4 is 0 Å².